The monoisotopic (exact) mass is 395 g/mol. The van der Waals surface area contributed by atoms with Gasteiger partial charge in [-0.2, -0.15) is 13.2 Å². The molecule has 1 nitrogen and oxygen atoms in total. The van der Waals surface area contributed by atoms with E-state index in [0.717, 1.165) is 12.1 Å². The Hall–Kier alpha value is -2.56. The third-order valence-corrected chi connectivity index (χ3v) is 3.34. The van der Waals surface area contributed by atoms with E-state index in [2.05, 4.69) is 4.98 Å². The minimum Gasteiger partial charge on any atom is -0.361 e. The van der Waals surface area contributed by atoms with E-state index >= 15 is 0 Å². The molecule has 3 rings (SSSR count). The number of nitrogens with one attached hydrogen (secondary N) is 1. The van der Waals surface area contributed by atoms with Gasteiger partial charge in [0.2, 0.25) is 0 Å². The molecular weight excluding hydrogens is 366 g/mol. The zero-order valence-electron chi connectivity index (χ0n) is 17.3. The summed E-state index contributed by atoms with van der Waals surface area (Å²) in [5, 5.41) is 0. The molecule has 0 unspecified atom stereocenters. The normalized spacial score (nSPS) is 9.79. The summed E-state index contributed by atoms with van der Waals surface area (Å²) in [5.74, 6) is -0.368. The van der Waals surface area contributed by atoms with Crippen molar-refractivity contribution >= 4 is 0 Å². The lowest BCUT2D eigenvalue weighted by Gasteiger charge is -2.07. The number of halogens is 4. The fourth-order valence-electron chi connectivity index (χ4n) is 2.26. The van der Waals surface area contributed by atoms with Crippen LogP contribution in [0.1, 0.15) is 47.1 Å². The Kier molecular flexibility index (Phi) is 11.6. The van der Waals surface area contributed by atoms with Crippen LogP contribution >= 0.6 is 0 Å². The number of hydrogen-bond acceptors (Lipinski definition) is 0. The van der Waals surface area contributed by atoms with E-state index in [-0.39, 0.29) is 5.82 Å². The van der Waals surface area contributed by atoms with E-state index < -0.39 is 11.7 Å². The molecule has 0 spiro atoms. The molecule has 154 valence electrons. The van der Waals surface area contributed by atoms with Crippen molar-refractivity contribution in [1.82, 2.24) is 4.98 Å². The largest absolute Gasteiger partial charge is 0.416 e. The van der Waals surface area contributed by atoms with Crippen molar-refractivity contribution in [2.24, 2.45) is 0 Å². The van der Waals surface area contributed by atoms with Crippen molar-refractivity contribution < 1.29 is 17.6 Å². The second-order valence-electron chi connectivity index (χ2n) is 4.89. The molecule has 0 fully saturated rings. The SMILES string of the molecule is CC.CC.CC.Fc1cccc(-c2cc(-c3cccc(C(F)(F)F)c3)c[nH]2)c1. The molecule has 0 amide bonds. The van der Waals surface area contributed by atoms with Gasteiger partial charge in [-0.1, -0.05) is 65.8 Å². The zero-order valence-corrected chi connectivity index (χ0v) is 17.3. The van der Waals surface area contributed by atoms with Crippen LogP contribution in [0.15, 0.2) is 60.8 Å². The fraction of sp³-hybridized carbons (Fsp3) is 0.304. The summed E-state index contributed by atoms with van der Waals surface area (Å²) < 4.78 is 51.5. The van der Waals surface area contributed by atoms with Gasteiger partial charge in [0.1, 0.15) is 5.82 Å². The summed E-state index contributed by atoms with van der Waals surface area (Å²) in [6.45, 7) is 12.0. The number of aromatic nitrogens is 1. The van der Waals surface area contributed by atoms with E-state index in [0.29, 0.717) is 22.4 Å². The molecule has 5 heteroatoms. The predicted octanol–water partition coefficient (Wildman–Crippen LogP) is 8.59. The summed E-state index contributed by atoms with van der Waals surface area (Å²) in [6, 6.07) is 12.8. The Morgan fingerprint density at radius 3 is 1.82 bits per heavy atom. The van der Waals surface area contributed by atoms with Crippen LogP contribution in [-0.2, 0) is 6.18 Å². The Bertz CT molecular complexity index is 804. The number of H-pyrrole nitrogens is 1. The van der Waals surface area contributed by atoms with Crippen LogP contribution in [0.5, 0.6) is 0 Å². The average molecular weight is 395 g/mol. The molecule has 0 saturated heterocycles. The molecule has 28 heavy (non-hydrogen) atoms. The highest BCUT2D eigenvalue weighted by atomic mass is 19.4. The molecule has 0 radical (unpaired) electrons. The van der Waals surface area contributed by atoms with E-state index in [9.17, 15) is 17.6 Å². The lowest BCUT2D eigenvalue weighted by Crippen LogP contribution is -2.04. The lowest BCUT2D eigenvalue weighted by molar-refractivity contribution is -0.137. The van der Waals surface area contributed by atoms with E-state index in [4.69, 9.17) is 0 Å². The minimum absolute atomic E-state index is 0.368. The Morgan fingerprint density at radius 1 is 0.679 bits per heavy atom. The fourth-order valence-corrected chi connectivity index (χ4v) is 2.26. The molecule has 2 aromatic carbocycles. The predicted molar refractivity (Wildman–Crippen MR) is 111 cm³/mol. The van der Waals surface area contributed by atoms with Gasteiger partial charge in [0, 0.05) is 17.5 Å². The highest BCUT2D eigenvalue weighted by molar-refractivity contribution is 5.71. The maximum absolute atomic E-state index is 13.2. The third kappa shape index (κ3) is 7.22. The smallest absolute Gasteiger partial charge is 0.361 e. The van der Waals surface area contributed by atoms with Gasteiger partial charge in [0.25, 0.3) is 0 Å². The average Bonchev–Trinajstić information content (AvgIpc) is 3.22. The van der Waals surface area contributed by atoms with Crippen molar-refractivity contribution in [1.29, 1.82) is 0 Å². The molecule has 1 N–H and O–H groups in total. The first-order chi connectivity index (χ1) is 13.4. The van der Waals surface area contributed by atoms with Crippen molar-refractivity contribution in [2.75, 3.05) is 0 Å². The maximum atomic E-state index is 13.2. The maximum Gasteiger partial charge on any atom is 0.416 e. The quantitative estimate of drug-likeness (QED) is 0.418. The Balaban J connectivity index is 0.00000111. The summed E-state index contributed by atoms with van der Waals surface area (Å²) in [5.41, 5.74) is 1.66. The first-order valence-electron chi connectivity index (χ1n) is 9.55. The summed E-state index contributed by atoms with van der Waals surface area (Å²) in [7, 11) is 0. The zero-order chi connectivity index (χ0) is 21.7. The van der Waals surface area contributed by atoms with E-state index in [1.54, 1.807) is 30.5 Å². The highest BCUT2D eigenvalue weighted by Crippen LogP contribution is 2.33. The molecule has 1 aromatic heterocycles. The van der Waals surface area contributed by atoms with Crippen LogP contribution in [-0.4, -0.2) is 4.98 Å². The number of benzene rings is 2. The van der Waals surface area contributed by atoms with Gasteiger partial charge in [-0.25, -0.2) is 4.39 Å². The van der Waals surface area contributed by atoms with E-state index in [1.165, 1.54) is 18.2 Å². The second-order valence-corrected chi connectivity index (χ2v) is 4.89. The summed E-state index contributed by atoms with van der Waals surface area (Å²) >= 11 is 0. The van der Waals surface area contributed by atoms with Crippen molar-refractivity contribution in [3.63, 3.8) is 0 Å². The van der Waals surface area contributed by atoms with E-state index in [1.807, 2.05) is 41.5 Å². The number of aromatic amines is 1. The first kappa shape index (κ1) is 25.4. The molecule has 3 aromatic rings. The van der Waals surface area contributed by atoms with Gasteiger partial charge in [0.05, 0.1) is 5.56 Å². The lowest BCUT2D eigenvalue weighted by atomic mass is 10.0. The van der Waals surface area contributed by atoms with Gasteiger partial charge >= 0.3 is 6.18 Å². The van der Waals surface area contributed by atoms with Gasteiger partial charge in [-0.15, -0.1) is 0 Å². The van der Waals surface area contributed by atoms with Crippen molar-refractivity contribution in [2.45, 2.75) is 47.7 Å². The number of alkyl halides is 3. The van der Waals surface area contributed by atoms with Crippen molar-refractivity contribution in [3.8, 4) is 22.4 Å². The number of hydrogen-bond donors (Lipinski definition) is 1. The second kappa shape index (κ2) is 12.8. The Morgan fingerprint density at radius 2 is 1.25 bits per heavy atom. The van der Waals surface area contributed by atoms with Gasteiger partial charge in [0.15, 0.2) is 0 Å². The third-order valence-electron chi connectivity index (χ3n) is 3.34. The molecule has 0 saturated carbocycles. The molecule has 0 aliphatic carbocycles. The van der Waals surface area contributed by atoms with Crippen LogP contribution in [0.25, 0.3) is 22.4 Å². The molecule has 0 aliphatic heterocycles. The molecular formula is C23H29F4N. The van der Waals surface area contributed by atoms with Gasteiger partial charge in [-0.05, 0) is 41.5 Å². The number of rotatable bonds is 2. The minimum atomic E-state index is -4.38. The summed E-state index contributed by atoms with van der Waals surface area (Å²) in [4.78, 5) is 2.96. The van der Waals surface area contributed by atoms with Gasteiger partial charge < -0.3 is 4.98 Å². The Labute approximate surface area is 165 Å². The van der Waals surface area contributed by atoms with Crippen LogP contribution in [0.4, 0.5) is 17.6 Å². The van der Waals surface area contributed by atoms with Crippen LogP contribution in [0.2, 0.25) is 0 Å². The standard InChI is InChI=1S/C17H11F4N.3C2H6/c18-15-6-2-4-12(8-15)16-9-13(10-22-16)11-3-1-5-14(7-11)17(19,20)21;3*1-2/h1-10,22H;3*1-2H3. The summed E-state index contributed by atoms with van der Waals surface area (Å²) in [6.07, 6.45) is -2.77. The van der Waals surface area contributed by atoms with Crippen LogP contribution < -0.4 is 0 Å². The molecule has 0 aliphatic rings. The van der Waals surface area contributed by atoms with Gasteiger partial charge in [-0.3, -0.25) is 0 Å². The molecule has 1 heterocycles. The van der Waals surface area contributed by atoms with Crippen LogP contribution in [0, 0.1) is 5.82 Å². The molecule has 0 atom stereocenters. The topological polar surface area (TPSA) is 15.8 Å². The first-order valence-corrected chi connectivity index (χ1v) is 9.55. The van der Waals surface area contributed by atoms with Crippen LogP contribution in [0.3, 0.4) is 0 Å². The molecule has 0 bridgehead atoms. The van der Waals surface area contributed by atoms with Crippen molar-refractivity contribution in [3.05, 3.63) is 72.2 Å². The highest BCUT2D eigenvalue weighted by Gasteiger charge is 2.30.